The molecule has 0 unspecified atom stereocenters. The summed E-state index contributed by atoms with van der Waals surface area (Å²) in [7, 11) is 1.89. The molecule has 0 aromatic carbocycles. The Bertz CT molecular complexity index is 618. The van der Waals surface area contributed by atoms with Gasteiger partial charge in [-0.05, 0) is 30.5 Å². The van der Waals surface area contributed by atoms with E-state index in [2.05, 4.69) is 20.7 Å². The Labute approximate surface area is 117 Å². The number of urea groups is 1. The highest BCUT2D eigenvalue weighted by molar-refractivity contribution is 5.74. The van der Waals surface area contributed by atoms with Crippen molar-refractivity contribution < 1.29 is 4.79 Å². The number of carbonyl (C=O) groups excluding carboxylic acids is 1. The number of aryl methyl sites for hydroxylation is 1. The van der Waals surface area contributed by atoms with Gasteiger partial charge in [0.15, 0.2) is 0 Å². The maximum atomic E-state index is 11.6. The maximum Gasteiger partial charge on any atom is 0.315 e. The van der Waals surface area contributed by atoms with Gasteiger partial charge in [0.25, 0.3) is 0 Å². The monoisotopic (exact) mass is 271 g/mol. The van der Waals surface area contributed by atoms with E-state index in [9.17, 15) is 4.79 Å². The number of rotatable bonds is 4. The predicted octanol–water partition coefficient (Wildman–Crippen LogP) is 1.44. The Kier molecular flexibility index (Phi) is 3.37. The first kappa shape index (κ1) is 12.7. The molecule has 2 aromatic heterocycles. The zero-order chi connectivity index (χ0) is 13.9. The van der Waals surface area contributed by atoms with E-state index in [1.165, 1.54) is 0 Å². The van der Waals surface area contributed by atoms with Crippen LogP contribution in [0.4, 0.5) is 4.79 Å². The van der Waals surface area contributed by atoms with Gasteiger partial charge >= 0.3 is 6.03 Å². The largest absolute Gasteiger partial charge is 0.335 e. The van der Waals surface area contributed by atoms with Crippen LogP contribution < -0.4 is 10.6 Å². The van der Waals surface area contributed by atoms with Crippen molar-refractivity contribution in [1.29, 1.82) is 0 Å². The van der Waals surface area contributed by atoms with Crippen LogP contribution in [0.3, 0.4) is 0 Å². The molecule has 1 aliphatic rings. The Morgan fingerprint density at radius 3 is 3.00 bits per heavy atom. The number of amides is 2. The van der Waals surface area contributed by atoms with Crippen molar-refractivity contribution in [2.45, 2.75) is 25.4 Å². The third kappa shape index (κ3) is 2.96. The topological polar surface area (TPSA) is 71.8 Å². The number of carbonyl (C=O) groups is 1. The third-order valence-electron chi connectivity index (χ3n) is 3.28. The highest BCUT2D eigenvalue weighted by Crippen LogP contribution is 2.19. The molecular weight excluding hydrogens is 254 g/mol. The Hall–Kier alpha value is -2.37. The lowest BCUT2D eigenvalue weighted by atomic mass is 10.1. The van der Waals surface area contributed by atoms with Crippen LogP contribution in [-0.2, 0) is 13.6 Å². The lowest BCUT2D eigenvalue weighted by molar-refractivity contribution is 0.240. The van der Waals surface area contributed by atoms with Crippen molar-refractivity contribution in [3.8, 4) is 11.3 Å². The molecule has 0 bridgehead atoms. The Balaban J connectivity index is 1.65. The van der Waals surface area contributed by atoms with Crippen molar-refractivity contribution in [3.05, 3.63) is 36.3 Å². The van der Waals surface area contributed by atoms with Crippen molar-refractivity contribution >= 4 is 6.03 Å². The lowest BCUT2D eigenvalue weighted by Crippen LogP contribution is -2.36. The van der Waals surface area contributed by atoms with Crippen molar-refractivity contribution in [2.24, 2.45) is 7.05 Å². The van der Waals surface area contributed by atoms with Gasteiger partial charge in [-0.25, -0.2) is 4.79 Å². The molecule has 0 aliphatic heterocycles. The molecule has 6 heteroatoms. The summed E-state index contributed by atoms with van der Waals surface area (Å²) in [6.07, 6.45) is 7.49. The molecule has 6 nitrogen and oxygen atoms in total. The minimum absolute atomic E-state index is 0.113. The van der Waals surface area contributed by atoms with E-state index in [1.807, 2.05) is 19.2 Å². The summed E-state index contributed by atoms with van der Waals surface area (Å²) in [6.45, 7) is 0.469. The summed E-state index contributed by atoms with van der Waals surface area (Å²) in [5, 5.41) is 9.88. The smallest absolute Gasteiger partial charge is 0.315 e. The van der Waals surface area contributed by atoms with Gasteiger partial charge < -0.3 is 10.6 Å². The fourth-order valence-electron chi connectivity index (χ4n) is 2.03. The van der Waals surface area contributed by atoms with Gasteiger partial charge in [0, 0.05) is 43.8 Å². The summed E-state index contributed by atoms with van der Waals surface area (Å²) >= 11 is 0. The second-order valence-electron chi connectivity index (χ2n) is 5.02. The minimum Gasteiger partial charge on any atom is -0.335 e. The second kappa shape index (κ2) is 5.32. The van der Waals surface area contributed by atoms with Crippen molar-refractivity contribution in [2.75, 3.05) is 0 Å². The minimum atomic E-state index is -0.113. The van der Waals surface area contributed by atoms with Crippen LogP contribution in [-0.4, -0.2) is 26.8 Å². The highest BCUT2D eigenvalue weighted by Gasteiger charge is 2.22. The quantitative estimate of drug-likeness (QED) is 0.884. The first-order valence-corrected chi connectivity index (χ1v) is 6.69. The van der Waals surface area contributed by atoms with Gasteiger partial charge in [0.2, 0.25) is 0 Å². The van der Waals surface area contributed by atoms with E-state index in [0.29, 0.717) is 12.6 Å². The molecule has 1 aliphatic carbocycles. The first-order valence-electron chi connectivity index (χ1n) is 6.69. The third-order valence-corrected chi connectivity index (χ3v) is 3.28. The van der Waals surface area contributed by atoms with Crippen LogP contribution in [0.2, 0.25) is 0 Å². The summed E-state index contributed by atoms with van der Waals surface area (Å²) < 4.78 is 1.80. The van der Waals surface area contributed by atoms with Gasteiger partial charge in [-0.15, -0.1) is 0 Å². The number of hydrogen-bond acceptors (Lipinski definition) is 3. The standard InChI is InChI=1S/C14H17N5O/c1-19-13(4-5-17-19)11-6-10(7-15-9-11)8-16-14(20)18-12-2-3-12/h4-7,9,12H,2-3,8H2,1H3,(H2,16,18,20). The molecule has 0 spiro atoms. The zero-order valence-corrected chi connectivity index (χ0v) is 11.3. The lowest BCUT2D eigenvalue weighted by Gasteiger charge is -2.08. The van der Waals surface area contributed by atoms with E-state index >= 15 is 0 Å². The van der Waals surface area contributed by atoms with Gasteiger partial charge in [-0.1, -0.05) is 0 Å². The maximum absolute atomic E-state index is 11.6. The average molecular weight is 271 g/mol. The van der Waals surface area contributed by atoms with Crippen LogP contribution in [0, 0.1) is 0 Å². The fourth-order valence-corrected chi connectivity index (χ4v) is 2.03. The molecule has 2 N–H and O–H groups in total. The van der Waals surface area contributed by atoms with E-state index < -0.39 is 0 Å². The van der Waals surface area contributed by atoms with Crippen LogP contribution in [0.25, 0.3) is 11.3 Å². The number of pyridine rings is 1. The summed E-state index contributed by atoms with van der Waals surface area (Å²) in [4.78, 5) is 15.8. The Morgan fingerprint density at radius 1 is 1.45 bits per heavy atom. The second-order valence-corrected chi connectivity index (χ2v) is 5.02. The van der Waals surface area contributed by atoms with Crippen LogP contribution in [0.5, 0.6) is 0 Å². The number of hydrogen-bond donors (Lipinski definition) is 2. The van der Waals surface area contributed by atoms with Crippen LogP contribution >= 0.6 is 0 Å². The molecule has 0 saturated heterocycles. The number of aromatic nitrogens is 3. The Morgan fingerprint density at radius 2 is 2.30 bits per heavy atom. The van der Waals surface area contributed by atoms with Crippen LogP contribution in [0.1, 0.15) is 18.4 Å². The van der Waals surface area contributed by atoms with E-state index in [-0.39, 0.29) is 6.03 Å². The zero-order valence-electron chi connectivity index (χ0n) is 11.3. The van der Waals surface area contributed by atoms with E-state index in [4.69, 9.17) is 0 Å². The molecule has 104 valence electrons. The molecule has 2 aromatic rings. The molecule has 1 fully saturated rings. The van der Waals surface area contributed by atoms with Gasteiger partial charge in [0.1, 0.15) is 0 Å². The summed E-state index contributed by atoms with van der Waals surface area (Å²) in [5.74, 6) is 0. The summed E-state index contributed by atoms with van der Waals surface area (Å²) in [5.41, 5.74) is 2.96. The average Bonchev–Trinajstić information content (AvgIpc) is 3.15. The summed E-state index contributed by atoms with van der Waals surface area (Å²) in [6, 6.07) is 4.21. The van der Waals surface area contributed by atoms with Crippen LogP contribution in [0.15, 0.2) is 30.7 Å². The highest BCUT2D eigenvalue weighted by atomic mass is 16.2. The predicted molar refractivity (Wildman–Crippen MR) is 74.8 cm³/mol. The van der Waals surface area contributed by atoms with Gasteiger partial charge in [-0.3, -0.25) is 9.67 Å². The molecular formula is C14H17N5O. The molecule has 1 saturated carbocycles. The molecule has 20 heavy (non-hydrogen) atoms. The molecule has 2 heterocycles. The number of nitrogens with zero attached hydrogens (tertiary/aromatic N) is 3. The molecule has 2 amide bonds. The molecule has 0 atom stereocenters. The first-order chi connectivity index (χ1) is 9.72. The van der Waals surface area contributed by atoms with E-state index in [0.717, 1.165) is 29.7 Å². The normalized spacial score (nSPS) is 14.1. The molecule has 3 rings (SSSR count). The number of nitrogens with one attached hydrogen (secondary N) is 2. The van der Waals surface area contributed by atoms with E-state index in [1.54, 1.807) is 23.3 Å². The van der Waals surface area contributed by atoms with Crippen molar-refractivity contribution in [3.63, 3.8) is 0 Å². The van der Waals surface area contributed by atoms with Gasteiger partial charge in [0.05, 0.1) is 5.69 Å². The fraction of sp³-hybridized carbons (Fsp3) is 0.357. The van der Waals surface area contributed by atoms with Gasteiger partial charge in [-0.2, -0.15) is 5.10 Å². The molecule has 0 radical (unpaired) electrons. The SMILES string of the molecule is Cn1nccc1-c1cncc(CNC(=O)NC2CC2)c1. The van der Waals surface area contributed by atoms with Crippen molar-refractivity contribution in [1.82, 2.24) is 25.4 Å².